The van der Waals surface area contributed by atoms with Gasteiger partial charge in [-0.3, -0.25) is 62.5 Å². The molecule has 9 N–H and O–H groups in total. The fourth-order valence-corrected chi connectivity index (χ4v) is 10.6. The van der Waals surface area contributed by atoms with Crippen molar-refractivity contribution in [2.45, 2.75) is 43.9 Å². The van der Waals surface area contributed by atoms with E-state index in [0.29, 0.717) is 38.3 Å². The number of carbonyl (C=O) groups excluding carboxylic acids is 9. The lowest BCUT2D eigenvalue weighted by molar-refractivity contribution is -0.137. The average molecular weight is 1310 g/mol. The number of ketones is 3. The number of nitrogens with zero attached hydrogens (tertiary/aromatic N) is 8. The lowest BCUT2D eigenvalue weighted by atomic mass is 10.0. The Morgan fingerprint density at radius 1 is 0.454 bits per heavy atom. The molecule has 0 aliphatic rings. The molecule has 0 aliphatic heterocycles. The van der Waals surface area contributed by atoms with Crippen molar-refractivity contribution >= 4 is 85.3 Å². The maximum atomic E-state index is 13.4. The molecule has 12 aromatic rings. The molecule has 97 heavy (non-hydrogen) atoms. The van der Waals surface area contributed by atoms with Crippen molar-refractivity contribution in [3.63, 3.8) is 0 Å². The molecule has 6 heterocycles. The fourth-order valence-electron chi connectivity index (χ4n) is 10.6. The van der Waals surface area contributed by atoms with Crippen LogP contribution in [0.1, 0.15) is 54.3 Å². The molecule has 0 fully saturated rings. The van der Waals surface area contributed by atoms with E-state index in [1.54, 1.807) is 124 Å². The van der Waals surface area contributed by atoms with E-state index in [2.05, 4.69) is 41.2 Å². The number of hydrogen-bond acceptors (Lipinski definition) is 15. The summed E-state index contributed by atoms with van der Waals surface area (Å²) in [5, 5.41) is 24.9. The van der Waals surface area contributed by atoms with Gasteiger partial charge in [-0.25, -0.2) is 4.68 Å². The number of primary amides is 3. The molecule has 6 amide bonds. The van der Waals surface area contributed by atoms with E-state index in [9.17, 15) is 51.9 Å². The number of fused-ring (bicyclic) bond motifs is 3. The molecular weight excluding hydrogens is 1250 g/mol. The van der Waals surface area contributed by atoms with Crippen LogP contribution in [0.15, 0.2) is 218 Å². The topological polar surface area (TPSA) is 360 Å². The number of aryl methyl sites for hydroxylation is 2. The Labute approximate surface area is 550 Å². The van der Waals surface area contributed by atoms with Gasteiger partial charge >= 0.3 is 6.55 Å². The zero-order valence-corrected chi connectivity index (χ0v) is 51.8. The van der Waals surface area contributed by atoms with Crippen LogP contribution >= 0.6 is 0 Å². The van der Waals surface area contributed by atoms with Crippen molar-refractivity contribution in [1.82, 2.24) is 55.3 Å². The van der Waals surface area contributed by atoms with Crippen LogP contribution in [0.5, 0.6) is 0 Å². The van der Waals surface area contributed by atoms with Crippen LogP contribution in [0.2, 0.25) is 0 Å². The number of amides is 6. The first-order chi connectivity index (χ1) is 46.7. The Morgan fingerprint density at radius 2 is 0.835 bits per heavy atom. The monoisotopic (exact) mass is 1310 g/mol. The number of nitrogens with two attached hydrogens (primary N) is 3. The molecule has 6 aromatic carbocycles. The summed E-state index contributed by atoms with van der Waals surface area (Å²) in [6, 6.07) is 45.3. The zero-order chi connectivity index (χ0) is 68.9. The smallest absolute Gasteiger partial charge is 0.333 e. The highest BCUT2D eigenvalue weighted by molar-refractivity contribution is 6.39. The highest BCUT2D eigenvalue weighted by Crippen LogP contribution is 2.33. The van der Waals surface area contributed by atoms with Gasteiger partial charge in [0.25, 0.3) is 35.4 Å². The molecule has 0 bridgehead atoms. The summed E-state index contributed by atoms with van der Waals surface area (Å²) in [6.07, 6.45) is 12.5. The van der Waals surface area contributed by atoms with E-state index in [0.717, 1.165) is 49.8 Å². The number of nitrogens with one attached hydrogen (secondary N) is 3. The minimum absolute atomic E-state index is 0.00564. The fraction of sp³-hybridized carbons (Fsp3) is 0.127. The first-order valence-electron chi connectivity index (χ1n) is 29.8. The standard InChI is InChI=1S/C24H19F2N5O3.C24H21N5O3.C23H20N4O4/c25-24(26)31-13-18(20(30-31)16-7-6-15-8-9-28-12-17(15)11-16)23(34)29-19(21(32)22(27)33)10-14-4-2-1-3-5-14;1-29-14-19(21(28-29)17-8-7-16-9-10-26-13-18(16)12-17)24(32)27-20(22(30)23(25)31)11-15-5-3-2-4-6-15;1-27-12-16(20(26-27)17-13-31-19-10-6-5-9-15(17)19)23(30)25-18(21(28)22(24)29)11-14-7-3-2-4-8-14/h1-9,11-13,19,24H,10H2,(H2,27,33)(H,29,34);2-10,12-14,20H,11H2,1H3,(H2,25,31)(H,27,32);2-10,12-13,18H,11H2,1H3,(H2,24,29)(H,25,30). The first-order valence-corrected chi connectivity index (χ1v) is 29.8. The van der Waals surface area contributed by atoms with Gasteiger partial charge in [-0.15, -0.1) is 0 Å². The Morgan fingerprint density at radius 3 is 1.26 bits per heavy atom. The molecule has 0 spiro atoms. The molecule has 0 saturated carbocycles. The summed E-state index contributed by atoms with van der Waals surface area (Å²) in [5.41, 5.74) is 21.5. The van der Waals surface area contributed by atoms with Gasteiger partial charge in [0.15, 0.2) is 0 Å². The third-order valence-electron chi connectivity index (χ3n) is 15.3. The van der Waals surface area contributed by atoms with E-state index in [-0.39, 0.29) is 41.6 Å². The second-order valence-electron chi connectivity index (χ2n) is 22.1. The van der Waals surface area contributed by atoms with Gasteiger partial charge < -0.3 is 37.6 Å². The predicted octanol–water partition coefficient (Wildman–Crippen LogP) is 7.15. The minimum Gasteiger partial charge on any atom is -0.464 e. The van der Waals surface area contributed by atoms with Gasteiger partial charge in [0.1, 0.15) is 47.1 Å². The zero-order valence-electron chi connectivity index (χ0n) is 51.8. The Bertz CT molecular complexity index is 4940. The number of para-hydroxylation sites is 1. The number of furan rings is 1. The number of pyridine rings is 2. The normalized spacial score (nSPS) is 11.9. The second-order valence-corrected chi connectivity index (χ2v) is 22.1. The summed E-state index contributed by atoms with van der Waals surface area (Å²) in [5.74, 6) is -8.04. The second kappa shape index (κ2) is 30.2. The maximum absolute atomic E-state index is 13.4. The number of rotatable bonds is 22. The summed E-state index contributed by atoms with van der Waals surface area (Å²) in [6.45, 7) is -2.99. The number of benzene rings is 6. The van der Waals surface area contributed by atoms with Gasteiger partial charge in [0, 0.05) is 110 Å². The van der Waals surface area contributed by atoms with Crippen molar-refractivity contribution in [3.05, 3.63) is 247 Å². The molecule has 26 heteroatoms. The van der Waals surface area contributed by atoms with Gasteiger partial charge in [-0.1, -0.05) is 133 Å². The molecule has 3 unspecified atom stereocenters. The summed E-state index contributed by atoms with van der Waals surface area (Å²) in [7, 11) is 3.40. The molecule has 24 nitrogen and oxygen atoms in total. The number of hydrogen-bond donors (Lipinski definition) is 6. The molecule has 3 atom stereocenters. The van der Waals surface area contributed by atoms with Crippen molar-refractivity contribution < 1.29 is 56.3 Å². The van der Waals surface area contributed by atoms with Gasteiger partial charge in [0.2, 0.25) is 17.3 Å². The van der Waals surface area contributed by atoms with E-state index < -0.39 is 77.5 Å². The van der Waals surface area contributed by atoms with E-state index in [1.807, 2.05) is 97.1 Å². The summed E-state index contributed by atoms with van der Waals surface area (Å²) >= 11 is 0. The lowest BCUT2D eigenvalue weighted by Gasteiger charge is -2.16. The third kappa shape index (κ3) is 16.3. The Hall–Kier alpha value is -13.0. The summed E-state index contributed by atoms with van der Waals surface area (Å²) in [4.78, 5) is 119. The highest BCUT2D eigenvalue weighted by atomic mass is 19.3. The number of alkyl halides is 2. The Balaban J connectivity index is 0.000000158. The number of halogens is 2. The minimum atomic E-state index is -2.99. The number of Topliss-reactive ketones (excluding diaryl/α,β-unsaturated/α-hetero) is 3. The SMILES string of the molecule is Cn1cc(C(=O)NC(Cc2ccccc2)C(=O)C(N)=O)c(-c2ccc3ccncc3c2)n1.Cn1cc(C(=O)NC(Cc2ccccc2)C(=O)C(N)=O)c(-c2coc3ccccc23)n1.NC(=O)C(=O)C(Cc1ccccc1)NC(=O)c1cn(C(F)F)nc1-c1ccc2ccncc2c1. The molecule has 6 aromatic heterocycles. The van der Waals surface area contributed by atoms with Crippen LogP contribution in [-0.4, -0.2) is 110 Å². The maximum Gasteiger partial charge on any atom is 0.333 e. The van der Waals surface area contributed by atoms with Crippen molar-refractivity contribution in [2.24, 2.45) is 31.3 Å². The lowest BCUT2D eigenvalue weighted by Crippen LogP contribution is -2.47. The van der Waals surface area contributed by atoms with Crippen LogP contribution in [0.4, 0.5) is 8.78 Å². The average Bonchev–Trinajstić information content (AvgIpc) is 1.68. The van der Waals surface area contributed by atoms with E-state index in [1.165, 1.54) is 9.36 Å². The molecule has 488 valence electrons. The molecule has 0 aliphatic carbocycles. The van der Waals surface area contributed by atoms with Crippen molar-refractivity contribution in [3.8, 4) is 33.8 Å². The highest BCUT2D eigenvalue weighted by Gasteiger charge is 2.32. The van der Waals surface area contributed by atoms with Crippen LogP contribution in [0, 0.1) is 0 Å². The van der Waals surface area contributed by atoms with Crippen LogP contribution < -0.4 is 33.2 Å². The molecule has 12 rings (SSSR count). The van der Waals surface area contributed by atoms with Crippen LogP contribution in [-0.2, 0) is 62.1 Å². The van der Waals surface area contributed by atoms with Crippen LogP contribution in [0.3, 0.4) is 0 Å². The van der Waals surface area contributed by atoms with E-state index in [4.69, 9.17) is 21.6 Å². The van der Waals surface area contributed by atoms with Crippen molar-refractivity contribution in [2.75, 3.05) is 0 Å². The number of aromatic nitrogens is 8. The van der Waals surface area contributed by atoms with Gasteiger partial charge in [0.05, 0.1) is 16.7 Å². The molecule has 0 radical (unpaired) electrons. The third-order valence-corrected chi connectivity index (χ3v) is 15.3. The molecular formula is C71H60F2N14O10. The summed E-state index contributed by atoms with van der Waals surface area (Å²) < 4.78 is 35.8. The quantitative estimate of drug-likeness (QED) is 0.0367. The van der Waals surface area contributed by atoms with Crippen LogP contribution in [0.25, 0.3) is 66.3 Å². The van der Waals surface area contributed by atoms with Gasteiger partial charge in [-0.2, -0.15) is 24.1 Å². The number of carbonyl (C=O) groups is 9. The predicted molar refractivity (Wildman–Crippen MR) is 353 cm³/mol. The molecule has 0 saturated heterocycles. The van der Waals surface area contributed by atoms with E-state index >= 15 is 0 Å². The van der Waals surface area contributed by atoms with Gasteiger partial charge in [-0.05, 0) is 57.8 Å². The largest absolute Gasteiger partial charge is 0.464 e. The Kier molecular flexibility index (Phi) is 20.8. The van der Waals surface area contributed by atoms with Crippen molar-refractivity contribution in [1.29, 1.82) is 0 Å². The first kappa shape index (κ1) is 66.9.